The van der Waals surface area contributed by atoms with E-state index in [0.29, 0.717) is 22.5 Å². The Morgan fingerprint density at radius 2 is 2.19 bits per heavy atom. The molecule has 0 atom stereocenters. The maximum atomic E-state index is 12.9. The van der Waals surface area contributed by atoms with Gasteiger partial charge in [0.15, 0.2) is 0 Å². The predicted molar refractivity (Wildman–Crippen MR) is 67.3 cm³/mol. The number of anilines is 1. The van der Waals surface area contributed by atoms with E-state index in [1.807, 2.05) is 0 Å². The normalized spacial score (nSPS) is 10.2. The number of alkyl halides is 1. The number of benzene rings is 1. The van der Waals surface area contributed by atoms with Crippen LogP contribution in [0.3, 0.4) is 0 Å². The Labute approximate surface area is 107 Å². The van der Waals surface area contributed by atoms with Crippen molar-refractivity contribution in [3.63, 3.8) is 0 Å². The first kappa shape index (κ1) is 13.5. The lowest BCUT2D eigenvalue weighted by Gasteiger charge is -2.05. The Balaban J connectivity index is 2.46. The van der Waals surface area contributed by atoms with Crippen LogP contribution in [-0.4, -0.2) is 11.8 Å². The molecule has 0 saturated heterocycles. The van der Waals surface area contributed by atoms with Crippen LogP contribution < -0.4 is 5.32 Å². The lowest BCUT2D eigenvalue weighted by atomic mass is 10.2. The predicted octanol–water partition coefficient (Wildman–Crippen LogP) is 3.94. The summed E-state index contributed by atoms with van der Waals surface area (Å²) in [5.41, 5.74) is 0.587. The molecule has 2 nitrogen and oxygen atoms in total. The van der Waals surface area contributed by atoms with Crippen molar-refractivity contribution in [2.75, 3.05) is 11.2 Å². The summed E-state index contributed by atoms with van der Waals surface area (Å²) in [6, 6.07) is 4.37. The number of carbonyl (C=O) groups excluding carboxylic acids is 1. The molecule has 1 amide bonds. The zero-order valence-corrected chi connectivity index (χ0v) is 10.9. The molecular formula is C11H12BrClFNO. The SMILES string of the molecule is O=C(CCCCCl)Nc1ccc(F)c(Br)c1. The number of rotatable bonds is 5. The van der Waals surface area contributed by atoms with Crippen molar-refractivity contribution < 1.29 is 9.18 Å². The molecule has 0 fully saturated rings. The Hall–Kier alpha value is -0.610. The monoisotopic (exact) mass is 307 g/mol. The van der Waals surface area contributed by atoms with Crippen molar-refractivity contribution in [2.45, 2.75) is 19.3 Å². The molecule has 0 spiro atoms. The molecule has 1 rings (SSSR count). The van der Waals surface area contributed by atoms with Crippen LogP contribution in [0.5, 0.6) is 0 Å². The molecule has 0 aliphatic rings. The van der Waals surface area contributed by atoms with Gasteiger partial charge in [-0.05, 0) is 47.0 Å². The molecule has 1 aromatic carbocycles. The third-order valence-electron chi connectivity index (χ3n) is 1.99. The van der Waals surface area contributed by atoms with Crippen LogP contribution in [-0.2, 0) is 4.79 Å². The molecule has 0 aliphatic carbocycles. The van der Waals surface area contributed by atoms with Gasteiger partial charge in [0.2, 0.25) is 5.91 Å². The van der Waals surface area contributed by atoms with E-state index in [9.17, 15) is 9.18 Å². The molecule has 5 heteroatoms. The third-order valence-corrected chi connectivity index (χ3v) is 2.87. The topological polar surface area (TPSA) is 29.1 Å². The van der Waals surface area contributed by atoms with Gasteiger partial charge in [0, 0.05) is 18.0 Å². The average Bonchev–Trinajstić information content (AvgIpc) is 2.24. The summed E-state index contributed by atoms with van der Waals surface area (Å²) >= 11 is 8.56. The molecule has 0 heterocycles. The first-order valence-electron chi connectivity index (χ1n) is 4.94. The van der Waals surface area contributed by atoms with Gasteiger partial charge in [-0.15, -0.1) is 11.6 Å². The molecule has 0 unspecified atom stereocenters. The lowest BCUT2D eigenvalue weighted by Crippen LogP contribution is -2.11. The molecule has 0 aromatic heterocycles. The maximum absolute atomic E-state index is 12.9. The van der Waals surface area contributed by atoms with E-state index < -0.39 is 0 Å². The Morgan fingerprint density at radius 1 is 1.44 bits per heavy atom. The van der Waals surface area contributed by atoms with Gasteiger partial charge in [-0.25, -0.2) is 4.39 Å². The fraction of sp³-hybridized carbons (Fsp3) is 0.364. The van der Waals surface area contributed by atoms with Gasteiger partial charge < -0.3 is 5.32 Å². The van der Waals surface area contributed by atoms with Gasteiger partial charge in [-0.3, -0.25) is 4.79 Å². The molecular weight excluding hydrogens is 296 g/mol. The van der Waals surface area contributed by atoms with E-state index >= 15 is 0 Å². The minimum atomic E-state index is -0.347. The van der Waals surface area contributed by atoms with Crippen LogP contribution in [0.1, 0.15) is 19.3 Å². The summed E-state index contributed by atoms with van der Waals surface area (Å²) in [6.07, 6.45) is 2.02. The maximum Gasteiger partial charge on any atom is 0.224 e. The number of unbranched alkanes of at least 4 members (excludes halogenated alkanes) is 1. The quantitative estimate of drug-likeness (QED) is 0.648. The van der Waals surface area contributed by atoms with Gasteiger partial charge in [0.25, 0.3) is 0 Å². The van der Waals surface area contributed by atoms with Crippen LogP contribution >= 0.6 is 27.5 Å². The molecule has 0 radical (unpaired) electrons. The molecule has 1 aromatic rings. The second kappa shape index (κ2) is 6.86. The second-order valence-corrected chi connectivity index (χ2v) is 4.56. The number of hydrogen-bond acceptors (Lipinski definition) is 1. The molecule has 1 N–H and O–H groups in total. The minimum absolute atomic E-state index is 0.0800. The Bertz CT molecular complexity index is 373. The minimum Gasteiger partial charge on any atom is -0.326 e. The first-order chi connectivity index (χ1) is 7.63. The molecule has 88 valence electrons. The summed E-state index contributed by atoms with van der Waals surface area (Å²) < 4.78 is 13.2. The van der Waals surface area contributed by atoms with Crippen LogP contribution in [0.4, 0.5) is 10.1 Å². The van der Waals surface area contributed by atoms with E-state index in [1.165, 1.54) is 18.2 Å². The lowest BCUT2D eigenvalue weighted by molar-refractivity contribution is -0.116. The first-order valence-corrected chi connectivity index (χ1v) is 6.27. The summed E-state index contributed by atoms with van der Waals surface area (Å²) in [7, 11) is 0. The van der Waals surface area contributed by atoms with E-state index in [2.05, 4.69) is 21.2 Å². The summed E-state index contributed by atoms with van der Waals surface area (Å²) in [5.74, 6) is 0.138. The fourth-order valence-corrected chi connectivity index (χ4v) is 1.75. The second-order valence-electron chi connectivity index (χ2n) is 3.32. The van der Waals surface area contributed by atoms with E-state index in [0.717, 1.165) is 12.8 Å². The van der Waals surface area contributed by atoms with Crippen LogP contribution in [0.15, 0.2) is 22.7 Å². The Morgan fingerprint density at radius 3 is 2.81 bits per heavy atom. The van der Waals surface area contributed by atoms with Crippen LogP contribution in [0, 0.1) is 5.82 Å². The van der Waals surface area contributed by atoms with Gasteiger partial charge in [0.05, 0.1) is 4.47 Å². The molecule has 0 saturated carbocycles. The van der Waals surface area contributed by atoms with E-state index in [-0.39, 0.29) is 11.7 Å². The van der Waals surface area contributed by atoms with Crippen LogP contribution in [0.25, 0.3) is 0 Å². The van der Waals surface area contributed by atoms with Crippen molar-refractivity contribution in [3.8, 4) is 0 Å². The summed E-state index contributed by atoms with van der Waals surface area (Å²) in [5, 5.41) is 2.69. The third kappa shape index (κ3) is 4.49. The highest BCUT2D eigenvalue weighted by atomic mass is 79.9. The van der Waals surface area contributed by atoms with Gasteiger partial charge in [0.1, 0.15) is 5.82 Å². The number of hydrogen-bond donors (Lipinski definition) is 1. The molecule has 16 heavy (non-hydrogen) atoms. The fourth-order valence-electron chi connectivity index (χ4n) is 1.18. The van der Waals surface area contributed by atoms with Crippen molar-refractivity contribution >= 4 is 39.1 Å². The highest BCUT2D eigenvalue weighted by Crippen LogP contribution is 2.20. The molecule has 0 bridgehead atoms. The van der Waals surface area contributed by atoms with Gasteiger partial charge in [-0.1, -0.05) is 0 Å². The summed E-state index contributed by atoms with van der Waals surface area (Å²) in [4.78, 5) is 11.4. The summed E-state index contributed by atoms with van der Waals surface area (Å²) in [6.45, 7) is 0. The number of halogens is 3. The average molecular weight is 309 g/mol. The molecule has 0 aliphatic heterocycles. The van der Waals surface area contributed by atoms with Crippen molar-refractivity contribution in [2.24, 2.45) is 0 Å². The Kier molecular flexibility index (Phi) is 5.77. The van der Waals surface area contributed by atoms with Gasteiger partial charge >= 0.3 is 0 Å². The highest BCUT2D eigenvalue weighted by Gasteiger charge is 2.04. The highest BCUT2D eigenvalue weighted by molar-refractivity contribution is 9.10. The zero-order valence-electron chi connectivity index (χ0n) is 8.60. The standard InChI is InChI=1S/C11H12BrClFNO/c12-9-7-8(4-5-10(9)14)15-11(16)3-1-2-6-13/h4-5,7H,1-3,6H2,(H,15,16). The number of nitrogens with one attached hydrogen (secondary N) is 1. The van der Waals surface area contributed by atoms with Crippen molar-refractivity contribution in [1.82, 2.24) is 0 Å². The smallest absolute Gasteiger partial charge is 0.224 e. The largest absolute Gasteiger partial charge is 0.326 e. The number of carbonyl (C=O) groups is 1. The number of amides is 1. The van der Waals surface area contributed by atoms with E-state index in [1.54, 1.807) is 0 Å². The van der Waals surface area contributed by atoms with E-state index in [4.69, 9.17) is 11.6 Å². The van der Waals surface area contributed by atoms with Crippen molar-refractivity contribution in [1.29, 1.82) is 0 Å². The van der Waals surface area contributed by atoms with Gasteiger partial charge in [-0.2, -0.15) is 0 Å². The zero-order chi connectivity index (χ0) is 12.0. The van der Waals surface area contributed by atoms with Crippen LogP contribution in [0.2, 0.25) is 0 Å². The van der Waals surface area contributed by atoms with Crippen molar-refractivity contribution in [3.05, 3.63) is 28.5 Å².